The molecule has 0 bridgehead atoms. The lowest BCUT2D eigenvalue weighted by Gasteiger charge is -2.19. The molecule has 2 heterocycles. The molecule has 6 heteroatoms. The molecule has 0 saturated carbocycles. The normalized spacial score (nSPS) is 25.1. The summed E-state index contributed by atoms with van der Waals surface area (Å²) in [6.07, 6.45) is 1.63. The van der Waals surface area contributed by atoms with Crippen molar-refractivity contribution >= 4 is 11.9 Å². The molecule has 0 aromatic carbocycles. The van der Waals surface area contributed by atoms with Crippen LogP contribution in [0.3, 0.4) is 0 Å². The standard InChI is InChI=1S/C14H20O6/c1-9(12(15)19-7-10-5-17-10)4-14(2,3)13(16)20-8-11-6-18-11/h4,10-11H,5-8H2,1-3H3/b9-4+. The van der Waals surface area contributed by atoms with Crippen LogP contribution >= 0.6 is 0 Å². The Bertz CT molecular complexity index is 417. The number of rotatable bonds is 7. The zero-order valence-corrected chi connectivity index (χ0v) is 12.0. The van der Waals surface area contributed by atoms with E-state index in [-0.39, 0.29) is 31.4 Å². The predicted molar refractivity (Wildman–Crippen MR) is 68.9 cm³/mol. The van der Waals surface area contributed by atoms with Crippen LogP contribution in [0, 0.1) is 5.41 Å². The van der Waals surface area contributed by atoms with E-state index in [4.69, 9.17) is 18.9 Å². The maximum atomic E-state index is 11.9. The predicted octanol–water partition coefficient (Wildman–Crippen LogP) is 0.843. The van der Waals surface area contributed by atoms with E-state index >= 15 is 0 Å². The fourth-order valence-corrected chi connectivity index (χ4v) is 1.62. The first kappa shape index (κ1) is 15.0. The van der Waals surface area contributed by atoms with Crippen molar-refractivity contribution in [2.75, 3.05) is 26.4 Å². The van der Waals surface area contributed by atoms with Gasteiger partial charge in [0.05, 0.1) is 18.6 Å². The lowest BCUT2D eigenvalue weighted by atomic mass is 9.91. The number of carbonyl (C=O) groups is 2. The molecule has 2 atom stereocenters. The summed E-state index contributed by atoms with van der Waals surface area (Å²) in [5.74, 6) is -0.822. The Kier molecular flexibility index (Phi) is 4.45. The Labute approximate surface area is 118 Å². The molecule has 0 amide bonds. The first-order chi connectivity index (χ1) is 9.38. The van der Waals surface area contributed by atoms with Crippen molar-refractivity contribution < 1.29 is 28.5 Å². The Balaban J connectivity index is 1.83. The summed E-state index contributed by atoms with van der Waals surface area (Å²) in [7, 11) is 0. The molecule has 2 fully saturated rings. The Morgan fingerprint density at radius 2 is 1.65 bits per heavy atom. The van der Waals surface area contributed by atoms with Crippen molar-refractivity contribution in [3.05, 3.63) is 11.6 Å². The number of esters is 2. The van der Waals surface area contributed by atoms with Crippen LogP contribution in [0.4, 0.5) is 0 Å². The zero-order chi connectivity index (χ0) is 14.8. The second kappa shape index (κ2) is 5.93. The third kappa shape index (κ3) is 4.61. The second-order valence-corrected chi connectivity index (χ2v) is 5.66. The molecule has 2 rings (SSSR count). The molecular weight excluding hydrogens is 264 g/mol. The van der Waals surface area contributed by atoms with Gasteiger partial charge in [0.15, 0.2) is 0 Å². The van der Waals surface area contributed by atoms with E-state index in [1.807, 2.05) is 0 Å². The van der Waals surface area contributed by atoms with Crippen LogP contribution in [-0.4, -0.2) is 50.6 Å². The summed E-state index contributed by atoms with van der Waals surface area (Å²) in [5.41, 5.74) is -0.496. The van der Waals surface area contributed by atoms with Gasteiger partial charge in [-0.05, 0) is 20.8 Å². The summed E-state index contributed by atoms with van der Waals surface area (Å²) in [6, 6.07) is 0. The Hall–Kier alpha value is -1.40. The van der Waals surface area contributed by atoms with Crippen molar-refractivity contribution in [2.24, 2.45) is 5.41 Å². The van der Waals surface area contributed by atoms with Crippen molar-refractivity contribution in [2.45, 2.75) is 33.0 Å². The summed E-state index contributed by atoms with van der Waals surface area (Å²) in [5, 5.41) is 0. The minimum absolute atomic E-state index is 0.0308. The van der Waals surface area contributed by atoms with Gasteiger partial charge in [-0.1, -0.05) is 6.08 Å². The number of hydrogen-bond donors (Lipinski definition) is 0. The monoisotopic (exact) mass is 284 g/mol. The smallest absolute Gasteiger partial charge is 0.333 e. The summed E-state index contributed by atoms with van der Waals surface area (Å²) >= 11 is 0. The van der Waals surface area contributed by atoms with Crippen molar-refractivity contribution in [1.82, 2.24) is 0 Å². The minimum Gasteiger partial charge on any atom is -0.462 e. The van der Waals surface area contributed by atoms with Gasteiger partial charge in [0.2, 0.25) is 0 Å². The third-order valence-corrected chi connectivity index (χ3v) is 3.03. The lowest BCUT2D eigenvalue weighted by molar-refractivity contribution is -0.151. The molecule has 2 aliphatic rings. The third-order valence-electron chi connectivity index (χ3n) is 3.03. The number of epoxide rings is 2. The molecule has 0 spiro atoms. The van der Waals surface area contributed by atoms with Gasteiger partial charge in [-0.3, -0.25) is 4.79 Å². The van der Waals surface area contributed by atoms with E-state index in [2.05, 4.69) is 0 Å². The number of ether oxygens (including phenoxy) is 4. The average molecular weight is 284 g/mol. The van der Waals surface area contributed by atoms with E-state index in [0.717, 1.165) is 0 Å². The summed E-state index contributed by atoms with van der Waals surface area (Å²) in [4.78, 5) is 23.7. The highest BCUT2D eigenvalue weighted by molar-refractivity contribution is 5.89. The molecule has 0 N–H and O–H groups in total. The van der Waals surface area contributed by atoms with E-state index < -0.39 is 11.4 Å². The van der Waals surface area contributed by atoms with Gasteiger partial charge < -0.3 is 18.9 Å². The van der Waals surface area contributed by atoms with Crippen molar-refractivity contribution in [1.29, 1.82) is 0 Å². The maximum absolute atomic E-state index is 11.9. The van der Waals surface area contributed by atoms with Gasteiger partial charge >= 0.3 is 11.9 Å². The van der Waals surface area contributed by atoms with Gasteiger partial charge in [-0.2, -0.15) is 0 Å². The largest absolute Gasteiger partial charge is 0.462 e. The van der Waals surface area contributed by atoms with Crippen LogP contribution in [0.25, 0.3) is 0 Å². The molecule has 0 aliphatic carbocycles. The molecule has 112 valence electrons. The van der Waals surface area contributed by atoms with Crippen LogP contribution in [0.5, 0.6) is 0 Å². The fourth-order valence-electron chi connectivity index (χ4n) is 1.62. The average Bonchev–Trinajstić information content (AvgIpc) is 3.26. The summed E-state index contributed by atoms with van der Waals surface area (Å²) < 4.78 is 20.1. The highest BCUT2D eigenvalue weighted by atomic mass is 16.6. The fraction of sp³-hybridized carbons (Fsp3) is 0.714. The molecular formula is C14H20O6. The van der Waals surface area contributed by atoms with Gasteiger partial charge in [0.1, 0.15) is 25.4 Å². The number of hydrogen-bond acceptors (Lipinski definition) is 6. The van der Waals surface area contributed by atoms with E-state index in [1.165, 1.54) is 0 Å². The van der Waals surface area contributed by atoms with Gasteiger partial charge in [-0.15, -0.1) is 0 Å². The topological polar surface area (TPSA) is 77.7 Å². The Morgan fingerprint density at radius 1 is 1.15 bits per heavy atom. The summed E-state index contributed by atoms with van der Waals surface area (Å²) in [6.45, 7) is 6.81. The SMILES string of the molecule is C/C(=C\C(C)(C)C(=O)OCC1CO1)C(=O)OCC1CO1. The van der Waals surface area contributed by atoms with Gasteiger partial charge in [-0.25, -0.2) is 4.79 Å². The molecule has 2 aliphatic heterocycles. The van der Waals surface area contributed by atoms with Crippen LogP contribution in [0.15, 0.2) is 11.6 Å². The van der Waals surface area contributed by atoms with Crippen LogP contribution in [-0.2, 0) is 28.5 Å². The highest BCUT2D eigenvalue weighted by Crippen LogP contribution is 2.23. The molecule has 6 nitrogen and oxygen atoms in total. The minimum atomic E-state index is -0.881. The molecule has 0 aromatic rings. The van der Waals surface area contributed by atoms with Crippen LogP contribution in [0.2, 0.25) is 0 Å². The maximum Gasteiger partial charge on any atom is 0.333 e. The van der Waals surface area contributed by atoms with Crippen LogP contribution < -0.4 is 0 Å². The van der Waals surface area contributed by atoms with Gasteiger partial charge in [0, 0.05) is 5.57 Å². The molecule has 2 saturated heterocycles. The first-order valence-electron chi connectivity index (χ1n) is 6.65. The molecule has 0 radical (unpaired) electrons. The zero-order valence-electron chi connectivity index (χ0n) is 12.0. The second-order valence-electron chi connectivity index (χ2n) is 5.66. The van der Waals surface area contributed by atoms with Crippen LogP contribution in [0.1, 0.15) is 20.8 Å². The number of carbonyl (C=O) groups excluding carboxylic acids is 2. The first-order valence-corrected chi connectivity index (χ1v) is 6.65. The molecule has 2 unspecified atom stereocenters. The van der Waals surface area contributed by atoms with Crippen molar-refractivity contribution in [3.63, 3.8) is 0 Å². The molecule has 0 aromatic heterocycles. The molecule has 20 heavy (non-hydrogen) atoms. The quantitative estimate of drug-likeness (QED) is 0.392. The Morgan fingerprint density at radius 3 is 2.15 bits per heavy atom. The van der Waals surface area contributed by atoms with Crippen molar-refractivity contribution in [3.8, 4) is 0 Å². The highest BCUT2D eigenvalue weighted by Gasteiger charge is 2.32. The lowest BCUT2D eigenvalue weighted by Crippen LogP contribution is -2.27. The van der Waals surface area contributed by atoms with E-state index in [9.17, 15) is 9.59 Å². The van der Waals surface area contributed by atoms with E-state index in [0.29, 0.717) is 18.8 Å². The van der Waals surface area contributed by atoms with Gasteiger partial charge in [0.25, 0.3) is 0 Å². The van der Waals surface area contributed by atoms with E-state index in [1.54, 1.807) is 26.8 Å².